The number of anilines is 4. The number of aryl methyl sites for hydroxylation is 4. The zero-order valence-corrected chi connectivity index (χ0v) is 84.5. The molecule has 10 heterocycles. The van der Waals surface area contributed by atoms with E-state index in [0.717, 1.165) is 45.4 Å². The molecular weight excluding hydrogens is 1940 g/mol. The van der Waals surface area contributed by atoms with Gasteiger partial charge in [0.1, 0.15) is 23.3 Å². The molecule has 8 unspecified atom stereocenters. The van der Waals surface area contributed by atoms with Crippen molar-refractivity contribution in [1.82, 2.24) is 66.1 Å². The van der Waals surface area contributed by atoms with Crippen LogP contribution in [-0.2, 0) is 38.4 Å². The largest absolute Gasteiger partial charge is 0.393 e. The summed E-state index contributed by atoms with van der Waals surface area (Å²) in [6.45, 7) is 21.2. The number of carbonyl (C=O) groups excluding carboxylic acids is 12. The number of H-pyrrole nitrogens is 4. The molecule has 8 atom stereocenters. The Kier molecular flexibility index (Phi) is 44.8. The molecule has 14 rings (SSSR count). The van der Waals surface area contributed by atoms with E-state index in [1.165, 1.54) is 77.7 Å². The van der Waals surface area contributed by atoms with Crippen LogP contribution in [0.25, 0.3) is 46.6 Å². The number of likely N-dealkylation sites (N-methyl/N-ethyl adjacent to an activating group) is 1. The summed E-state index contributed by atoms with van der Waals surface area (Å²) in [4.78, 5) is 168. The smallest absolute Gasteiger partial charge is 0.256 e. The number of rotatable bonds is 37. The number of amides is 12. The van der Waals surface area contributed by atoms with Crippen molar-refractivity contribution in [3.63, 3.8) is 0 Å². The number of piperidine rings is 1. The van der Waals surface area contributed by atoms with Crippen LogP contribution in [0.15, 0.2) is 72.8 Å². The molecule has 41 heteroatoms. The number of nitrogens with one attached hydrogen (secondary N) is 13. The summed E-state index contributed by atoms with van der Waals surface area (Å²) in [6, 6.07) is 16.3. The molecule has 150 heavy (non-hydrogen) atoms. The standard InChI is InChI=1S/C28H36FN5O5.C28H35FN4O5.2C25H31FN4O5.3CH4/c1-16-24(15-22-21-12-18(29)4-5-23(21)32-27(22)38)31-17(2)26(16)28(39)30-7-6-19(35)13-20(36)14-25(37)34-10-8-33(3)9-11-34;1-16-24(15-22-21-12-18(29)6-7-23(21)32-27(22)37)31-17(2)26(16)28(38)30-9-8-19(34)13-20(35)14-25(36)33-10-4-3-5-11-33;1-13-21(12-19-18-9-15(26)5-6-20(18)29-24(19)34)28-14(2)23(13)25(35)27-8-7-16(31)10-17(32)11-22(33)30(3)4;1-4-27-22(33)11-17(32)10-16(31)7-8-28-25(35)23-13(2)21(29-14(23)3)12-19-18-9-15(26)5-6-20(18)30-24(19)34;;;/h4-5,12,15,19-20,31,35-36H,6-11,13-14H2,1-3H3,(H,30,39)(H,32,38);6-7,12,15,19-20,31,34-35H,3-5,8-11,13-14H2,1-2H3,(H,30,38)(H,32,37);5-6,9,12,16-17,28,31-32H,7-8,10-11H2,1-4H3,(H,27,35)(H,29,34);5-6,9,12,16-17,29,31-32H,4,7-8,10-11H2,1-3H3,(H,27,33)(H,28,35)(H,30,34);3*1H4/b2*22-15-;2*19-12-;;;. The third-order valence-corrected chi connectivity index (χ3v) is 26.3. The lowest BCUT2D eigenvalue weighted by molar-refractivity contribution is -0.135. The minimum atomic E-state index is -0.969. The van der Waals surface area contributed by atoms with Crippen LogP contribution in [0.2, 0.25) is 0 Å². The van der Waals surface area contributed by atoms with E-state index in [1.807, 2.05) is 7.05 Å². The predicted molar refractivity (Wildman–Crippen MR) is 568 cm³/mol. The second-order valence-electron chi connectivity index (χ2n) is 38.0. The van der Waals surface area contributed by atoms with Gasteiger partial charge in [0.05, 0.1) is 119 Å². The van der Waals surface area contributed by atoms with Gasteiger partial charge in [-0.3, -0.25) is 57.5 Å². The van der Waals surface area contributed by atoms with Crippen molar-refractivity contribution in [3.8, 4) is 0 Å². The Morgan fingerprint density at radius 3 is 0.873 bits per heavy atom. The normalized spacial score (nSPS) is 16.5. The monoisotopic (exact) mass is 2090 g/mol. The zero-order chi connectivity index (χ0) is 107. The first-order valence-corrected chi connectivity index (χ1v) is 49.1. The quantitative estimate of drug-likeness (QED) is 0.0127. The fraction of sp³-hybridized carbons (Fsp3) is 0.450. The number of aromatic amines is 4. The number of nitrogens with zero attached hydrogens (tertiary/aromatic N) is 4. The minimum absolute atomic E-state index is 0. The maximum atomic E-state index is 13.8. The van der Waals surface area contributed by atoms with Crippen LogP contribution < -0.4 is 47.9 Å². The van der Waals surface area contributed by atoms with E-state index in [4.69, 9.17) is 0 Å². The van der Waals surface area contributed by atoms with Gasteiger partial charge in [0, 0.05) is 177 Å². The number of fused-ring (bicyclic) bond motifs is 4. The first-order valence-electron chi connectivity index (χ1n) is 49.1. The van der Waals surface area contributed by atoms with Gasteiger partial charge < -0.3 is 128 Å². The molecule has 37 nitrogen and oxygen atoms in total. The van der Waals surface area contributed by atoms with Crippen molar-refractivity contribution in [2.75, 3.05) is 114 Å². The molecule has 0 bridgehead atoms. The summed E-state index contributed by atoms with van der Waals surface area (Å²) in [6.07, 6.45) is 2.93. The lowest BCUT2D eigenvalue weighted by atomic mass is 10.0. The van der Waals surface area contributed by atoms with Gasteiger partial charge in [-0.2, -0.15) is 0 Å². The number of benzene rings is 4. The van der Waals surface area contributed by atoms with Crippen LogP contribution in [0.1, 0.15) is 257 Å². The predicted octanol–water partition coefficient (Wildman–Crippen LogP) is 10.5. The molecule has 0 spiro atoms. The second kappa shape index (κ2) is 55.5. The summed E-state index contributed by atoms with van der Waals surface area (Å²) in [7, 11) is 5.18. The van der Waals surface area contributed by atoms with Crippen molar-refractivity contribution in [3.05, 3.63) is 208 Å². The highest BCUT2D eigenvalue weighted by Crippen LogP contribution is 2.40. The highest BCUT2D eigenvalue weighted by Gasteiger charge is 2.35. The van der Waals surface area contributed by atoms with E-state index in [9.17, 15) is 116 Å². The van der Waals surface area contributed by atoms with Crippen LogP contribution in [0, 0.1) is 78.7 Å². The van der Waals surface area contributed by atoms with Crippen LogP contribution in [0.3, 0.4) is 0 Å². The Bertz CT molecular complexity index is 6360. The van der Waals surface area contributed by atoms with Crippen LogP contribution in [0.5, 0.6) is 0 Å². The first kappa shape index (κ1) is 121. The fourth-order valence-electron chi connectivity index (χ4n) is 18.4. The maximum Gasteiger partial charge on any atom is 0.256 e. The van der Waals surface area contributed by atoms with E-state index >= 15 is 0 Å². The van der Waals surface area contributed by atoms with E-state index < -0.39 is 72.1 Å². The number of piperazine rings is 1. The Balaban J connectivity index is 0.000000242. The summed E-state index contributed by atoms with van der Waals surface area (Å²) in [5, 5.41) is 106. The molecule has 814 valence electrons. The molecule has 0 aliphatic carbocycles. The molecule has 12 amide bonds. The lowest BCUT2D eigenvalue weighted by Crippen LogP contribution is -2.47. The fourth-order valence-corrected chi connectivity index (χ4v) is 18.4. The molecule has 21 N–H and O–H groups in total. The Morgan fingerprint density at radius 1 is 0.360 bits per heavy atom. The highest BCUT2D eigenvalue weighted by molar-refractivity contribution is 6.37. The summed E-state index contributed by atoms with van der Waals surface area (Å²) < 4.78 is 54.9. The SMILES string of the molecule is C.C.C.CCNC(=O)CC(O)CC(O)CCNC(=O)c1c(C)[nH]c(/C=C2\C(=O)Nc3ccc(F)cc32)c1C.Cc1[nH]c(/C=C2\C(=O)Nc3ccc(F)cc32)c(C)c1C(=O)NCCC(O)CC(O)CC(=O)N(C)C.Cc1[nH]c(/C=C2\C(=O)Nc3ccc(F)cc32)c(C)c1C(=O)NCCC(O)CC(O)CC(=O)N1CCCCC1.Cc1[nH]c(/C=C2\C(=O)Nc3ccc(F)cc32)c(C)c1C(=O)NCCC(O)CC(O)CC(=O)N1CCN(C)CC1. The molecule has 6 aliphatic heterocycles. The number of likely N-dealkylation sites (tertiary alicyclic amines) is 1. The summed E-state index contributed by atoms with van der Waals surface area (Å²) >= 11 is 0. The number of aliphatic hydroxyl groups is 8. The summed E-state index contributed by atoms with van der Waals surface area (Å²) in [5.74, 6) is -5.33. The maximum absolute atomic E-state index is 13.8. The van der Waals surface area contributed by atoms with Gasteiger partial charge in [-0.1, -0.05) is 22.3 Å². The van der Waals surface area contributed by atoms with Crippen LogP contribution >= 0.6 is 0 Å². The molecule has 0 saturated carbocycles. The zero-order valence-electron chi connectivity index (χ0n) is 84.5. The first-order chi connectivity index (χ1) is 69.7. The van der Waals surface area contributed by atoms with Crippen LogP contribution in [0.4, 0.5) is 40.3 Å². The summed E-state index contributed by atoms with van der Waals surface area (Å²) in [5.41, 5.74) is 14.0. The van der Waals surface area contributed by atoms with Gasteiger partial charge in [-0.15, -0.1) is 0 Å². The van der Waals surface area contributed by atoms with Crippen molar-refractivity contribution < 1.29 is 116 Å². The van der Waals surface area contributed by atoms with Crippen LogP contribution in [-0.4, -0.2) is 293 Å². The molecule has 4 aromatic heterocycles. The molecule has 2 fully saturated rings. The van der Waals surface area contributed by atoms with Crippen molar-refractivity contribution in [2.24, 2.45) is 0 Å². The minimum Gasteiger partial charge on any atom is -0.393 e. The van der Waals surface area contributed by atoms with Crippen molar-refractivity contribution >= 4 is 140 Å². The van der Waals surface area contributed by atoms with Gasteiger partial charge in [0.25, 0.3) is 47.3 Å². The number of aliphatic hydroxyl groups excluding tert-OH is 8. The highest BCUT2D eigenvalue weighted by atomic mass is 19.1. The third-order valence-electron chi connectivity index (χ3n) is 26.3. The molecule has 0 radical (unpaired) electrons. The van der Waals surface area contributed by atoms with E-state index in [-0.39, 0.29) is 196 Å². The number of aromatic nitrogens is 4. The average Bonchev–Trinajstić information content (AvgIpc) is 1.64. The second-order valence-corrected chi connectivity index (χ2v) is 38.0. The number of halogens is 4. The Morgan fingerprint density at radius 2 is 0.613 bits per heavy atom. The van der Waals surface area contributed by atoms with Gasteiger partial charge >= 0.3 is 0 Å². The number of carbonyl (C=O) groups is 12. The van der Waals surface area contributed by atoms with E-state index in [1.54, 1.807) is 111 Å². The Hall–Kier alpha value is -14.0. The van der Waals surface area contributed by atoms with Gasteiger partial charge in [0.2, 0.25) is 23.6 Å². The van der Waals surface area contributed by atoms with E-state index in [2.05, 4.69) is 72.7 Å². The Labute approximate surface area is 870 Å². The lowest BCUT2D eigenvalue weighted by Gasteiger charge is -2.33. The van der Waals surface area contributed by atoms with Gasteiger partial charge in [0.15, 0.2) is 0 Å². The molecule has 6 aliphatic rings. The van der Waals surface area contributed by atoms with E-state index in [0.29, 0.717) is 177 Å². The molecular formula is C109H145F4N17O20. The number of hydrogen-bond donors (Lipinski definition) is 21. The number of hydrogen-bond acceptors (Lipinski definition) is 21. The third kappa shape index (κ3) is 32.3. The van der Waals surface area contributed by atoms with Crippen molar-refractivity contribution in [2.45, 2.75) is 230 Å². The van der Waals surface area contributed by atoms with Gasteiger partial charge in [-0.05, 0) is 259 Å². The average molecular weight is 2090 g/mol. The topological polar surface area (TPSA) is 551 Å². The molecule has 4 aromatic carbocycles. The molecule has 2 saturated heterocycles. The van der Waals surface area contributed by atoms with Gasteiger partial charge in [-0.25, -0.2) is 17.6 Å². The molecule has 8 aromatic rings. The van der Waals surface area contributed by atoms with Crippen molar-refractivity contribution in [1.29, 1.82) is 0 Å².